The van der Waals surface area contributed by atoms with Crippen LogP contribution in [-0.2, 0) is 32.2 Å². The lowest BCUT2D eigenvalue weighted by atomic mass is 10.0. The number of urea groups is 2. The zero-order valence-corrected chi connectivity index (χ0v) is 39.8. The van der Waals surface area contributed by atoms with E-state index in [4.69, 9.17) is 9.47 Å². The molecular weight excluding hydrogens is 873 g/mol. The van der Waals surface area contributed by atoms with E-state index in [1.54, 1.807) is 136 Å². The smallest absolute Gasteiger partial charge is 0.412 e. The van der Waals surface area contributed by atoms with E-state index in [1.165, 1.54) is 21.9 Å². The molecule has 0 radical (unpaired) electrons. The molecule has 0 saturated carbocycles. The Kier molecular flexibility index (Phi) is 17.0. The van der Waals surface area contributed by atoms with E-state index >= 15 is 0 Å². The number of piperazine rings is 2. The minimum atomic E-state index is -0.780. The highest BCUT2D eigenvalue weighted by Gasteiger charge is 2.28. The van der Waals surface area contributed by atoms with Crippen molar-refractivity contribution in [3.05, 3.63) is 95.1 Å². The van der Waals surface area contributed by atoms with E-state index < -0.39 is 46.8 Å². The van der Waals surface area contributed by atoms with Crippen LogP contribution in [0.15, 0.2) is 72.8 Å². The van der Waals surface area contributed by atoms with E-state index in [1.807, 2.05) is 0 Å². The predicted molar refractivity (Wildman–Crippen MR) is 253 cm³/mol. The molecule has 8 amide bonds. The fourth-order valence-electron chi connectivity index (χ4n) is 6.99. The summed E-state index contributed by atoms with van der Waals surface area (Å²) in [5.74, 6) is 6.61. The van der Waals surface area contributed by atoms with Gasteiger partial charge in [-0.3, -0.25) is 29.8 Å². The molecule has 3 aromatic rings. The monoisotopic (exact) mass is 930 g/mol. The van der Waals surface area contributed by atoms with E-state index in [0.29, 0.717) is 24.5 Å². The van der Waals surface area contributed by atoms with E-state index in [2.05, 4.69) is 34.3 Å². The number of nitrogens with zero attached hydrogens (tertiary/aromatic N) is 6. The van der Waals surface area contributed by atoms with Crippen LogP contribution in [0.2, 0.25) is 0 Å². The molecule has 18 heteroatoms. The molecule has 0 bridgehead atoms. The molecule has 5 rings (SSSR count). The first-order valence-corrected chi connectivity index (χ1v) is 22.0. The molecule has 2 heterocycles. The number of rotatable bonds is 8. The summed E-state index contributed by atoms with van der Waals surface area (Å²) in [5.41, 5.74) is 1.38. The highest BCUT2D eigenvalue weighted by molar-refractivity contribution is 6.21. The normalized spacial score (nSPS) is 13.6. The van der Waals surface area contributed by atoms with Crippen LogP contribution in [0, 0.1) is 23.7 Å². The van der Waals surface area contributed by atoms with Crippen molar-refractivity contribution in [2.45, 2.75) is 65.8 Å². The fraction of sp³-hybridized carbons (Fsp3) is 0.400. The Labute approximate surface area is 396 Å². The van der Waals surface area contributed by atoms with Gasteiger partial charge in [-0.05, 0) is 101 Å². The first-order chi connectivity index (χ1) is 32.0. The minimum absolute atomic E-state index is 0.0726. The van der Waals surface area contributed by atoms with Gasteiger partial charge in [-0.15, -0.1) is 0 Å². The van der Waals surface area contributed by atoms with Crippen molar-refractivity contribution in [2.24, 2.45) is 0 Å². The van der Waals surface area contributed by atoms with E-state index in [-0.39, 0.29) is 75.5 Å². The molecule has 0 aromatic heterocycles. The number of hydrogen-bond acceptors (Lipinski definition) is 10. The van der Waals surface area contributed by atoms with Gasteiger partial charge in [-0.25, -0.2) is 19.2 Å². The maximum atomic E-state index is 13.2. The molecule has 0 unspecified atom stereocenters. The molecule has 0 aliphatic carbocycles. The van der Waals surface area contributed by atoms with E-state index in [0.717, 1.165) is 11.1 Å². The largest absolute Gasteiger partial charge is 0.444 e. The number of amides is 8. The molecule has 0 atom stereocenters. The molecule has 2 fully saturated rings. The Morgan fingerprint density at radius 1 is 0.485 bits per heavy atom. The zero-order valence-electron chi connectivity index (χ0n) is 39.8. The molecule has 358 valence electrons. The summed E-state index contributed by atoms with van der Waals surface area (Å²) in [4.78, 5) is 112. The van der Waals surface area contributed by atoms with Crippen LogP contribution in [0.4, 0.5) is 30.6 Å². The van der Waals surface area contributed by atoms with Crippen LogP contribution < -0.4 is 10.6 Å². The topological polar surface area (TPSA) is 199 Å². The molecule has 3 aromatic carbocycles. The van der Waals surface area contributed by atoms with Gasteiger partial charge in [-0.2, -0.15) is 0 Å². The predicted octanol–water partition coefficient (Wildman–Crippen LogP) is 5.55. The molecule has 2 aliphatic rings. The fourth-order valence-corrected chi connectivity index (χ4v) is 6.99. The second kappa shape index (κ2) is 22.6. The summed E-state index contributed by atoms with van der Waals surface area (Å²) in [6, 6.07) is 19.5. The Bertz CT molecular complexity index is 2330. The van der Waals surface area contributed by atoms with Crippen molar-refractivity contribution in [2.75, 3.05) is 77.1 Å². The van der Waals surface area contributed by atoms with Gasteiger partial charge in [0.2, 0.25) is 11.6 Å². The lowest BCUT2D eigenvalue weighted by molar-refractivity contribution is -0.127. The molecular formula is C50H58N8O10. The SMILES string of the molecule is CN(Cc1ccc(NC(=O)OC(C)(C)C)cc1)C(=O)N1CCN(C(=O)C#CC(=O)c2ccccc2C(=O)C#CC(=O)N2CCN(C(=O)N(C)Cc3ccc(NC(=O)OC(C)(C)C)cc3)CC2)CC1. The Morgan fingerprint density at radius 3 is 1.10 bits per heavy atom. The van der Waals surface area contributed by atoms with E-state index in [9.17, 15) is 38.4 Å². The lowest BCUT2D eigenvalue weighted by Gasteiger charge is -2.36. The number of anilines is 2. The van der Waals surface area contributed by atoms with Crippen molar-refractivity contribution in [3.63, 3.8) is 0 Å². The average molecular weight is 931 g/mol. The van der Waals surface area contributed by atoms with Crippen LogP contribution >= 0.6 is 0 Å². The average Bonchev–Trinajstić information content (AvgIpc) is 3.29. The third kappa shape index (κ3) is 15.4. The highest BCUT2D eigenvalue weighted by atomic mass is 16.6. The third-order valence-corrected chi connectivity index (χ3v) is 10.3. The molecule has 2 aliphatic heterocycles. The quantitative estimate of drug-likeness (QED) is 0.164. The molecule has 2 saturated heterocycles. The van der Waals surface area contributed by atoms with Crippen molar-refractivity contribution in [1.29, 1.82) is 0 Å². The summed E-state index contributed by atoms with van der Waals surface area (Å²) in [6.07, 6.45) is -1.13. The van der Waals surface area contributed by atoms with Gasteiger partial charge < -0.3 is 38.9 Å². The Morgan fingerprint density at radius 2 is 0.794 bits per heavy atom. The molecule has 18 nitrogen and oxygen atoms in total. The Hall–Kier alpha value is -7.86. The maximum Gasteiger partial charge on any atom is 0.412 e. The summed E-state index contributed by atoms with van der Waals surface area (Å²) in [5, 5.41) is 5.35. The van der Waals surface area contributed by atoms with Crippen LogP contribution in [0.3, 0.4) is 0 Å². The van der Waals surface area contributed by atoms with Crippen LogP contribution in [0.1, 0.15) is 73.4 Å². The zero-order chi connectivity index (χ0) is 49.8. The molecule has 0 spiro atoms. The van der Waals surface area contributed by atoms with Gasteiger partial charge in [0.15, 0.2) is 0 Å². The van der Waals surface area contributed by atoms with Crippen molar-refractivity contribution < 1.29 is 47.8 Å². The summed E-state index contributed by atoms with van der Waals surface area (Å²) >= 11 is 0. The standard InChI is InChI=1S/C50H58N8O10/c1-49(2,3)67-45(63)51-37-17-13-35(14-18-37)33-53(7)47(65)57-29-25-55(26-30-57)43(61)23-21-41(59)39-11-9-10-12-40(39)42(60)22-24-44(62)56-27-31-58(32-28-56)48(66)54(8)34-36-15-19-38(20-16-36)52-46(64)68-50(4,5)6/h9-20H,25-34H2,1-8H3,(H,51,63)(H,52,64). The second-order valence-electron chi connectivity index (χ2n) is 18.2. The number of Topliss-reactive ketones (excluding diaryl/α,β-unsaturated/α-hetero) is 2. The summed E-state index contributed by atoms with van der Waals surface area (Å²) in [6.45, 7) is 13.0. The third-order valence-electron chi connectivity index (χ3n) is 10.3. The minimum Gasteiger partial charge on any atom is -0.444 e. The summed E-state index contributed by atoms with van der Waals surface area (Å²) in [7, 11) is 3.34. The van der Waals surface area contributed by atoms with Gasteiger partial charge in [0, 0.05) is 114 Å². The number of hydrogen-bond donors (Lipinski definition) is 2. The van der Waals surface area contributed by atoms with Crippen molar-refractivity contribution >= 4 is 59.0 Å². The number of benzene rings is 3. The highest BCUT2D eigenvalue weighted by Crippen LogP contribution is 2.18. The molecule has 68 heavy (non-hydrogen) atoms. The van der Waals surface area contributed by atoms with Crippen LogP contribution in [0.5, 0.6) is 0 Å². The number of ketones is 2. The molecule has 2 N–H and O–H groups in total. The number of carbonyl (C=O) groups excluding carboxylic acids is 8. The van der Waals surface area contributed by atoms with Gasteiger partial charge in [0.05, 0.1) is 0 Å². The van der Waals surface area contributed by atoms with Gasteiger partial charge >= 0.3 is 24.2 Å². The summed E-state index contributed by atoms with van der Waals surface area (Å²) < 4.78 is 10.6. The van der Waals surface area contributed by atoms with Crippen LogP contribution in [0.25, 0.3) is 0 Å². The van der Waals surface area contributed by atoms with Gasteiger partial charge in [0.1, 0.15) is 11.2 Å². The van der Waals surface area contributed by atoms with Crippen molar-refractivity contribution in [1.82, 2.24) is 29.4 Å². The first kappa shape index (κ1) is 51.1. The van der Waals surface area contributed by atoms with Crippen molar-refractivity contribution in [3.8, 4) is 23.7 Å². The van der Waals surface area contributed by atoms with Gasteiger partial charge in [-0.1, -0.05) is 36.4 Å². The maximum absolute atomic E-state index is 13.2. The van der Waals surface area contributed by atoms with Crippen LogP contribution in [-0.4, -0.2) is 155 Å². The second-order valence-corrected chi connectivity index (χ2v) is 18.2. The lowest BCUT2D eigenvalue weighted by Crippen LogP contribution is -2.53. The van der Waals surface area contributed by atoms with Gasteiger partial charge in [0.25, 0.3) is 11.8 Å². The Balaban J connectivity index is 1.05. The number of nitrogens with one attached hydrogen (secondary N) is 2. The number of ether oxygens (including phenoxy) is 2. The first-order valence-electron chi connectivity index (χ1n) is 22.0. The number of carbonyl (C=O) groups is 8.